The van der Waals surface area contributed by atoms with Crippen molar-refractivity contribution in [2.75, 3.05) is 10.6 Å². The molecule has 0 atom stereocenters. The Morgan fingerprint density at radius 2 is 1.62 bits per heavy atom. The van der Waals surface area contributed by atoms with Gasteiger partial charge in [0.1, 0.15) is 0 Å². The molecule has 4 nitrogen and oxygen atoms in total. The van der Waals surface area contributed by atoms with Gasteiger partial charge in [0.25, 0.3) is 0 Å². The van der Waals surface area contributed by atoms with Crippen molar-refractivity contribution in [1.82, 2.24) is 0 Å². The summed E-state index contributed by atoms with van der Waals surface area (Å²) in [7, 11) is 0. The van der Waals surface area contributed by atoms with Crippen molar-refractivity contribution in [2.45, 2.75) is 12.7 Å². The summed E-state index contributed by atoms with van der Waals surface area (Å²) in [6.07, 6.45) is -5.56. The number of alkyl halides is 3. The minimum Gasteiger partial charge on any atom is -0.465 e. The smallest absolute Gasteiger partial charge is 0.416 e. The molecule has 3 rings (SSSR count). The second-order valence-electron chi connectivity index (χ2n) is 6.25. The van der Waals surface area contributed by atoms with E-state index in [1.165, 1.54) is 12.1 Å². The highest BCUT2D eigenvalue weighted by Crippen LogP contribution is 2.32. The molecule has 0 spiro atoms. The average molecular weight is 421 g/mol. The van der Waals surface area contributed by atoms with Gasteiger partial charge in [-0.15, -0.1) is 0 Å². The third-order valence-electron chi connectivity index (χ3n) is 4.19. The number of anilines is 2. The van der Waals surface area contributed by atoms with Gasteiger partial charge < -0.3 is 10.4 Å². The zero-order valence-corrected chi connectivity index (χ0v) is 15.7. The lowest BCUT2D eigenvalue weighted by Gasteiger charge is -2.14. The molecular formula is C21H16ClF3N2O2. The highest BCUT2D eigenvalue weighted by Gasteiger charge is 2.29. The number of hydrogen-bond acceptors (Lipinski definition) is 2. The first kappa shape index (κ1) is 20.5. The average Bonchev–Trinajstić information content (AvgIpc) is 2.67. The van der Waals surface area contributed by atoms with E-state index < -0.39 is 17.8 Å². The number of hydrogen-bond donors (Lipinski definition) is 3. The van der Waals surface area contributed by atoms with Crippen LogP contribution in [0.2, 0.25) is 5.02 Å². The predicted molar refractivity (Wildman–Crippen MR) is 107 cm³/mol. The fraction of sp³-hybridized carbons (Fsp3) is 0.0952. The van der Waals surface area contributed by atoms with Gasteiger partial charge in [0.15, 0.2) is 0 Å². The van der Waals surface area contributed by atoms with Gasteiger partial charge in [-0.2, -0.15) is 13.2 Å². The Kier molecular flexibility index (Phi) is 5.98. The normalized spacial score (nSPS) is 11.2. The molecular weight excluding hydrogens is 405 g/mol. The zero-order valence-electron chi connectivity index (χ0n) is 14.9. The second-order valence-corrected chi connectivity index (χ2v) is 6.68. The second kappa shape index (κ2) is 8.45. The molecule has 0 fully saturated rings. The van der Waals surface area contributed by atoms with E-state index in [0.717, 1.165) is 23.3 Å². The molecule has 29 heavy (non-hydrogen) atoms. The molecule has 0 unspecified atom stereocenters. The summed E-state index contributed by atoms with van der Waals surface area (Å²) in [4.78, 5) is 11.1. The number of carbonyl (C=O) groups is 1. The first-order chi connectivity index (χ1) is 13.7. The van der Waals surface area contributed by atoms with Crippen LogP contribution in [-0.4, -0.2) is 11.2 Å². The molecule has 0 saturated carbocycles. The van der Waals surface area contributed by atoms with Gasteiger partial charge in [-0.1, -0.05) is 29.8 Å². The van der Waals surface area contributed by atoms with Crippen molar-refractivity contribution in [1.29, 1.82) is 0 Å². The van der Waals surface area contributed by atoms with Gasteiger partial charge >= 0.3 is 12.3 Å². The monoisotopic (exact) mass is 420 g/mol. The van der Waals surface area contributed by atoms with Gasteiger partial charge in [0, 0.05) is 22.8 Å². The Hall–Kier alpha value is -3.19. The van der Waals surface area contributed by atoms with Crippen molar-refractivity contribution in [2.24, 2.45) is 0 Å². The molecule has 0 aliphatic rings. The highest BCUT2D eigenvalue weighted by molar-refractivity contribution is 6.30. The Morgan fingerprint density at radius 3 is 2.21 bits per heavy atom. The van der Waals surface area contributed by atoms with Crippen molar-refractivity contribution >= 4 is 29.1 Å². The number of nitrogens with one attached hydrogen (secondary N) is 2. The van der Waals surface area contributed by atoms with Crippen LogP contribution in [0.25, 0.3) is 11.1 Å². The van der Waals surface area contributed by atoms with E-state index in [0.29, 0.717) is 28.5 Å². The molecule has 0 aromatic heterocycles. The van der Waals surface area contributed by atoms with Crippen LogP contribution in [0.1, 0.15) is 11.1 Å². The van der Waals surface area contributed by atoms with Crippen LogP contribution in [0.4, 0.5) is 29.3 Å². The standard InChI is InChI=1S/C21H16ClF3N2O2/c22-16-6-2-14(3-7-16)18-11-13(1-10-19(18)27-20(28)29)12-26-17-8-4-15(5-9-17)21(23,24)25/h1-11,26-27H,12H2,(H,28,29). The van der Waals surface area contributed by atoms with Gasteiger partial charge in [-0.3, -0.25) is 5.32 Å². The maximum atomic E-state index is 12.7. The van der Waals surface area contributed by atoms with Crippen LogP contribution < -0.4 is 10.6 Å². The van der Waals surface area contributed by atoms with E-state index in [4.69, 9.17) is 16.7 Å². The van der Waals surface area contributed by atoms with Crippen LogP contribution in [0.3, 0.4) is 0 Å². The fourth-order valence-electron chi connectivity index (χ4n) is 2.78. The van der Waals surface area contributed by atoms with E-state index in [9.17, 15) is 18.0 Å². The number of halogens is 4. The van der Waals surface area contributed by atoms with Crippen molar-refractivity contribution in [3.8, 4) is 11.1 Å². The molecule has 0 aliphatic carbocycles. The lowest BCUT2D eigenvalue weighted by atomic mass is 10.0. The number of rotatable bonds is 5. The van der Waals surface area contributed by atoms with Gasteiger partial charge in [-0.25, -0.2) is 4.79 Å². The minimum atomic E-state index is -4.38. The molecule has 150 valence electrons. The van der Waals surface area contributed by atoms with E-state index in [2.05, 4.69) is 10.6 Å². The van der Waals surface area contributed by atoms with Crippen LogP contribution in [0.15, 0.2) is 66.7 Å². The lowest BCUT2D eigenvalue weighted by molar-refractivity contribution is -0.137. The number of benzene rings is 3. The Bertz CT molecular complexity index is 1000. The van der Waals surface area contributed by atoms with Gasteiger partial charge in [0.2, 0.25) is 0 Å². The van der Waals surface area contributed by atoms with Crippen LogP contribution in [-0.2, 0) is 12.7 Å². The van der Waals surface area contributed by atoms with Crippen molar-refractivity contribution in [3.05, 3.63) is 82.9 Å². The fourth-order valence-corrected chi connectivity index (χ4v) is 2.90. The van der Waals surface area contributed by atoms with Crippen LogP contribution in [0.5, 0.6) is 0 Å². The molecule has 8 heteroatoms. The summed E-state index contributed by atoms with van der Waals surface area (Å²) < 4.78 is 38.0. The largest absolute Gasteiger partial charge is 0.465 e. The predicted octanol–water partition coefficient (Wildman–Crippen LogP) is 6.73. The van der Waals surface area contributed by atoms with E-state index in [1.807, 2.05) is 6.07 Å². The molecule has 0 bridgehead atoms. The third-order valence-corrected chi connectivity index (χ3v) is 4.44. The summed E-state index contributed by atoms with van der Waals surface area (Å²) >= 11 is 5.92. The first-order valence-corrected chi connectivity index (χ1v) is 8.90. The zero-order chi connectivity index (χ0) is 21.0. The Labute approximate surface area is 169 Å². The van der Waals surface area contributed by atoms with Crippen molar-refractivity contribution in [3.63, 3.8) is 0 Å². The molecule has 0 aliphatic heterocycles. The van der Waals surface area contributed by atoms with Crippen LogP contribution >= 0.6 is 11.6 Å². The molecule has 3 N–H and O–H groups in total. The lowest BCUT2D eigenvalue weighted by Crippen LogP contribution is -2.09. The quantitative estimate of drug-likeness (QED) is 0.429. The summed E-state index contributed by atoms with van der Waals surface area (Å²) in [6.45, 7) is 0.347. The van der Waals surface area contributed by atoms with Gasteiger partial charge in [0.05, 0.1) is 11.3 Å². The van der Waals surface area contributed by atoms with E-state index in [-0.39, 0.29) is 0 Å². The number of carboxylic acid groups (broad SMARTS) is 1. The Balaban J connectivity index is 1.82. The summed E-state index contributed by atoms with van der Waals surface area (Å²) in [5.74, 6) is 0. The maximum absolute atomic E-state index is 12.7. The van der Waals surface area contributed by atoms with E-state index in [1.54, 1.807) is 36.4 Å². The van der Waals surface area contributed by atoms with Gasteiger partial charge in [-0.05, 0) is 59.7 Å². The number of amides is 1. The molecule has 0 heterocycles. The first-order valence-electron chi connectivity index (χ1n) is 8.52. The SMILES string of the molecule is O=C(O)Nc1ccc(CNc2ccc(C(F)(F)F)cc2)cc1-c1ccc(Cl)cc1. The van der Waals surface area contributed by atoms with Crippen LogP contribution in [0, 0.1) is 0 Å². The summed E-state index contributed by atoms with van der Waals surface area (Å²) in [5.41, 5.74) is 2.50. The molecule has 3 aromatic carbocycles. The maximum Gasteiger partial charge on any atom is 0.416 e. The minimum absolute atomic E-state index is 0.347. The molecule has 1 amide bonds. The molecule has 0 saturated heterocycles. The highest BCUT2D eigenvalue weighted by atomic mass is 35.5. The van der Waals surface area contributed by atoms with E-state index >= 15 is 0 Å². The molecule has 3 aromatic rings. The third kappa shape index (κ3) is 5.42. The summed E-state index contributed by atoms with van der Waals surface area (Å²) in [6, 6.07) is 16.9. The molecule has 0 radical (unpaired) electrons. The summed E-state index contributed by atoms with van der Waals surface area (Å²) in [5, 5.41) is 15.0. The Morgan fingerprint density at radius 1 is 0.966 bits per heavy atom. The topological polar surface area (TPSA) is 61.4 Å². The van der Waals surface area contributed by atoms with Crippen molar-refractivity contribution < 1.29 is 23.1 Å².